The molecule has 5 nitrogen and oxygen atoms in total. The SMILES string of the molecule is COCC(O)C(O)(O)NC(C)C.c1ccc2ccccc2c1. The molecule has 0 spiro atoms. The Hall–Kier alpha value is -1.50. The van der Waals surface area contributed by atoms with Gasteiger partial charge in [-0.1, -0.05) is 48.5 Å². The molecular weight excluding hydrogens is 282 g/mol. The summed E-state index contributed by atoms with van der Waals surface area (Å²) in [6.07, 6.45) is -1.36. The Bertz CT molecular complexity index is 492. The molecule has 22 heavy (non-hydrogen) atoms. The molecule has 0 radical (unpaired) electrons. The van der Waals surface area contributed by atoms with Gasteiger partial charge in [0.25, 0.3) is 5.91 Å². The second kappa shape index (κ2) is 8.82. The molecule has 0 bridgehead atoms. The Labute approximate surface area is 131 Å². The average Bonchev–Trinajstić information content (AvgIpc) is 2.47. The summed E-state index contributed by atoms with van der Waals surface area (Å²) in [5.41, 5.74) is 0. The number of aliphatic hydroxyl groups excluding tert-OH is 1. The molecule has 0 fully saturated rings. The molecule has 4 N–H and O–H groups in total. The number of hydrogen-bond acceptors (Lipinski definition) is 5. The second-order valence-corrected chi connectivity index (χ2v) is 5.34. The van der Waals surface area contributed by atoms with Crippen LogP contribution in [0.2, 0.25) is 0 Å². The van der Waals surface area contributed by atoms with Crippen molar-refractivity contribution in [1.82, 2.24) is 5.32 Å². The Kier molecular flexibility index (Phi) is 7.44. The first-order chi connectivity index (χ1) is 10.4. The monoisotopic (exact) mass is 307 g/mol. The van der Waals surface area contributed by atoms with Crippen LogP contribution >= 0.6 is 0 Å². The third-order valence-electron chi connectivity index (χ3n) is 2.95. The first-order valence-corrected chi connectivity index (χ1v) is 7.20. The third-order valence-corrected chi connectivity index (χ3v) is 2.95. The zero-order valence-corrected chi connectivity index (χ0v) is 13.2. The molecule has 1 unspecified atom stereocenters. The van der Waals surface area contributed by atoms with Gasteiger partial charge in [-0.25, -0.2) is 0 Å². The van der Waals surface area contributed by atoms with Crippen molar-refractivity contribution >= 4 is 10.8 Å². The van der Waals surface area contributed by atoms with Crippen LogP contribution in [-0.4, -0.2) is 47.1 Å². The summed E-state index contributed by atoms with van der Waals surface area (Å²) in [7, 11) is 1.37. The molecule has 0 aromatic heterocycles. The van der Waals surface area contributed by atoms with Crippen molar-refractivity contribution in [3.05, 3.63) is 48.5 Å². The molecule has 0 aliphatic rings. The molecule has 1 atom stereocenters. The van der Waals surface area contributed by atoms with E-state index >= 15 is 0 Å². The molecule has 0 aliphatic carbocycles. The molecule has 0 heterocycles. The maximum Gasteiger partial charge on any atom is 0.252 e. The van der Waals surface area contributed by atoms with Crippen LogP contribution < -0.4 is 5.32 Å². The van der Waals surface area contributed by atoms with Crippen molar-refractivity contribution in [3.8, 4) is 0 Å². The molecule has 5 heteroatoms. The zero-order chi connectivity index (χ0) is 16.6. The number of aliphatic hydroxyl groups is 3. The highest BCUT2D eigenvalue weighted by Crippen LogP contribution is 2.11. The maximum atomic E-state index is 9.20. The lowest BCUT2D eigenvalue weighted by atomic mass is 10.1. The minimum absolute atomic E-state index is 0.132. The van der Waals surface area contributed by atoms with Gasteiger partial charge < -0.3 is 20.1 Å². The lowest BCUT2D eigenvalue weighted by molar-refractivity contribution is -0.257. The van der Waals surface area contributed by atoms with Crippen molar-refractivity contribution in [1.29, 1.82) is 0 Å². The first-order valence-electron chi connectivity index (χ1n) is 7.20. The van der Waals surface area contributed by atoms with E-state index in [4.69, 9.17) is 5.11 Å². The lowest BCUT2D eigenvalue weighted by Crippen LogP contribution is -2.58. The van der Waals surface area contributed by atoms with Gasteiger partial charge in [-0.3, -0.25) is 5.32 Å². The summed E-state index contributed by atoms with van der Waals surface area (Å²) >= 11 is 0. The first kappa shape index (κ1) is 18.5. The van der Waals surface area contributed by atoms with E-state index < -0.39 is 12.0 Å². The van der Waals surface area contributed by atoms with E-state index in [1.54, 1.807) is 13.8 Å². The van der Waals surface area contributed by atoms with E-state index in [2.05, 4.69) is 58.6 Å². The molecule has 2 aromatic rings. The van der Waals surface area contributed by atoms with Crippen molar-refractivity contribution in [2.24, 2.45) is 0 Å². The van der Waals surface area contributed by atoms with Gasteiger partial charge in [-0.05, 0) is 24.6 Å². The van der Waals surface area contributed by atoms with Crippen LogP contribution in [0.15, 0.2) is 48.5 Å². The van der Waals surface area contributed by atoms with Crippen LogP contribution in [0.5, 0.6) is 0 Å². The van der Waals surface area contributed by atoms with E-state index in [9.17, 15) is 10.2 Å². The molecule has 0 saturated heterocycles. The van der Waals surface area contributed by atoms with Gasteiger partial charge in [-0.2, -0.15) is 0 Å². The van der Waals surface area contributed by atoms with Gasteiger partial charge in [0.05, 0.1) is 6.61 Å². The molecule has 0 saturated carbocycles. The Morgan fingerprint density at radius 3 is 1.73 bits per heavy atom. The fourth-order valence-electron chi connectivity index (χ4n) is 1.93. The Balaban J connectivity index is 0.000000222. The van der Waals surface area contributed by atoms with Gasteiger partial charge in [0.15, 0.2) is 0 Å². The van der Waals surface area contributed by atoms with Gasteiger partial charge >= 0.3 is 0 Å². The van der Waals surface area contributed by atoms with E-state index in [-0.39, 0.29) is 12.6 Å². The standard InChI is InChI=1S/C10H8.C7H17NO4/c1-2-6-10-8-4-3-7-9(10)5-1;1-5(2)8-7(10,11)6(9)4-12-3/h1-8H;5-6,8-11H,4H2,1-3H3. The van der Waals surface area contributed by atoms with Crippen molar-refractivity contribution in [2.75, 3.05) is 13.7 Å². The highest BCUT2D eigenvalue weighted by Gasteiger charge is 2.33. The fourth-order valence-corrected chi connectivity index (χ4v) is 1.93. The molecule has 0 amide bonds. The van der Waals surface area contributed by atoms with Gasteiger partial charge in [0, 0.05) is 13.2 Å². The summed E-state index contributed by atoms with van der Waals surface area (Å²) in [4.78, 5) is 0. The van der Waals surface area contributed by atoms with Gasteiger partial charge in [0.2, 0.25) is 0 Å². The normalized spacial score (nSPS) is 12.9. The molecule has 2 aromatic carbocycles. The largest absolute Gasteiger partial charge is 0.383 e. The third kappa shape index (κ3) is 6.09. The van der Waals surface area contributed by atoms with Crippen molar-refractivity contribution in [2.45, 2.75) is 31.9 Å². The van der Waals surface area contributed by atoms with Crippen molar-refractivity contribution in [3.63, 3.8) is 0 Å². The summed E-state index contributed by atoms with van der Waals surface area (Å²) in [5.74, 6) is -2.29. The number of nitrogens with one attached hydrogen (secondary N) is 1. The molecular formula is C17H25NO4. The fraction of sp³-hybridized carbons (Fsp3) is 0.412. The molecule has 2 rings (SSSR count). The highest BCUT2D eigenvalue weighted by molar-refractivity contribution is 5.81. The van der Waals surface area contributed by atoms with Gasteiger partial charge in [0.1, 0.15) is 6.10 Å². The molecule has 122 valence electrons. The van der Waals surface area contributed by atoms with Crippen LogP contribution in [0.3, 0.4) is 0 Å². The number of benzene rings is 2. The number of methoxy groups -OCH3 is 1. The van der Waals surface area contributed by atoms with Crippen LogP contribution in [-0.2, 0) is 4.74 Å². The predicted molar refractivity (Wildman–Crippen MR) is 87.3 cm³/mol. The maximum absolute atomic E-state index is 9.20. The smallest absolute Gasteiger partial charge is 0.252 e. The van der Waals surface area contributed by atoms with Crippen LogP contribution in [0.1, 0.15) is 13.8 Å². The summed E-state index contributed by atoms with van der Waals surface area (Å²) in [5, 5.41) is 32.5. The van der Waals surface area contributed by atoms with Crippen LogP contribution in [0.25, 0.3) is 10.8 Å². The van der Waals surface area contributed by atoms with Crippen LogP contribution in [0.4, 0.5) is 0 Å². The zero-order valence-electron chi connectivity index (χ0n) is 13.2. The minimum Gasteiger partial charge on any atom is -0.383 e. The summed E-state index contributed by atoms with van der Waals surface area (Å²) < 4.78 is 4.56. The minimum atomic E-state index is -2.29. The summed E-state index contributed by atoms with van der Waals surface area (Å²) in [6.45, 7) is 3.34. The number of ether oxygens (including phenoxy) is 1. The summed E-state index contributed by atoms with van der Waals surface area (Å²) in [6, 6.07) is 16.6. The average molecular weight is 307 g/mol. The highest BCUT2D eigenvalue weighted by atomic mass is 16.6. The Morgan fingerprint density at radius 1 is 1.00 bits per heavy atom. The molecule has 0 aliphatic heterocycles. The van der Waals surface area contributed by atoms with Crippen molar-refractivity contribution < 1.29 is 20.1 Å². The second-order valence-electron chi connectivity index (χ2n) is 5.34. The topological polar surface area (TPSA) is 82.0 Å². The quantitative estimate of drug-likeness (QED) is 0.629. The van der Waals surface area contributed by atoms with Crippen LogP contribution in [0, 0.1) is 0 Å². The Morgan fingerprint density at radius 2 is 1.41 bits per heavy atom. The van der Waals surface area contributed by atoms with Gasteiger partial charge in [-0.15, -0.1) is 0 Å². The van der Waals surface area contributed by atoms with E-state index in [0.717, 1.165) is 0 Å². The number of rotatable bonds is 5. The van der Waals surface area contributed by atoms with E-state index in [1.165, 1.54) is 17.9 Å². The number of fused-ring (bicyclic) bond motifs is 1. The lowest BCUT2D eigenvalue weighted by Gasteiger charge is -2.29. The number of hydrogen-bond donors (Lipinski definition) is 4. The predicted octanol–water partition coefficient (Wildman–Crippen LogP) is 1.47. The van der Waals surface area contributed by atoms with E-state index in [1.807, 2.05) is 0 Å². The van der Waals surface area contributed by atoms with E-state index in [0.29, 0.717) is 0 Å².